The molecule has 1 N–H and O–H groups in total. The zero-order chi connectivity index (χ0) is 19.6. The first-order chi connectivity index (χ1) is 12.9. The molecule has 3 rings (SSSR count). The number of aromatic nitrogens is 3. The Labute approximate surface area is 160 Å². The third-order valence-electron chi connectivity index (χ3n) is 4.02. The van der Waals surface area contributed by atoms with Gasteiger partial charge < -0.3 is 10.1 Å². The number of hydrogen-bond acceptors (Lipinski definition) is 5. The predicted molar refractivity (Wildman–Crippen MR) is 102 cm³/mol. The van der Waals surface area contributed by atoms with E-state index in [1.807, 2.05) is 19.1 Å². The molecule has 0 atom stereocenters. The van der Waals surface area contributed by atoms with Crippen LogP contribution in [0.15, 0.2) is 42.5 Å². The second-order valence-electron chi connectivity index (χ2n) is 5.88. The third-order valence-corrected chi connectivity index (χ3v) is 4.34. The second-order valence-corrected chi connectivity index (χ2v) is 6.29. The van der Waals surface area contributed by atoms with E-state index in [0.29, 0.717) is 22.1 Å². The van der Waals surface area contributed by atoms with Crippen LogP contribution < -0.4 is 5.32 Å². The van der Waals surface area contributed by atoms with E-state index in [1.54, 1.807) is 37.3 Å². The Balaban J connectivity index is 1.93. The van der Waals surface area contributed by atoms with E-state index in [4.69, 9.17) is 16.3 Å². The van der Waals surface area contributed by atoms with Crippen molar-refractivity contribution in [3.8, 4) is 5.69 Å². The summed E-state index contributed by atoms with van der Waals surface area (Å²) in [5.74, 6) is -1.03. The highest BCUT2D eigenvalue weighted by Gasteiger charge is 2.21. The van der Waals surface area contributed by atoms with Crippen molar-refractivity contribution < 1.29 is 14.3 Å². The van der Waals surface area contributed by atoms with E-state index in [-0.39, 0.29) is 11.3 Å². The number of methoxy groups -OCH3 is 1. The van der Waals surface area contributed by atoms with Gasteiger partial charge >= 0.3 is 5.97 Å². The molecule has 138 valence electrons. The first-order valence-electron chi connectivity index (χ1n) is 8.10. The number of para-hydroxylation sites is 1. The Morgan fingerprint density at radius 2 is 1.89 bits per heavy atom. The zero-order valence-electron chi connectivity index (χ0n) is 15.0. The summed E-state index contributed by atoms with van der Waals surface area (Å²) < 4.78 is 6.25. The number of rotatable bonds is 4. The summed E-state index contributed by atoms with van der Waals surface area (Å²) >= 11 is 6.25. The lowest BCUT2D eigenvalue weighted by atomic mass is 10.1. The molecule has 1 heterocycles. The number of ether oxygens (including phenoxy) is 1. The van der Waals surface area contributed by atoms with Crippen LogP contribution in [0, 0.1) is 13.8 Å². The van der Waals surface area contributed by atoms with Gasteiger partial charge in [0.1, 0.15) is 0 Å². The molecule has 0 aliphatic rings. The van der Waals surface area contributed by atoms with Gasteiger partial charge in [-0.3, -0.25) is 4.79 Å². The fraction of sp³-hybridized carbons (Fsp3) is 0.158. The lowest BCUT2D eigenvalue weighted by Crippen LogP contribution is -2.17. The Morgan fingerprint density at radius 1 is 1.15 bits per heavy atom. The molecular formula is C19H17ClN4O3. The molecule has 2 aromatic carbocycles. The fourth-order valence-corrected chi connectivity index (χ4v) is 2.81. The highest BCUT2D eigenvalue weighted by Crippen LogP contribution is 2.23. The number of nitrogens with zero attached hydrogens (tertiary/aromatic N) is 3. The lowest BCUT2D eigenvalue weighted by molar-refractivity contribution is 0.0602. The van der Waals surface area contributed by atoms with E-state index < -0.39 is 11.9 Å². The fourth-order valence-electron chi connectivity index (χ4n) is 2.61. The Hall–Kier alpha value is -3.19. The van der Waals surface area contributed by atoms with Crippen LogP contribution in [0.2, 0.25) is 5.02 Å². The predicted octanol–water partition coefficient (Wildman–Crippen LogP) is 3.58. The molecule has 3 aromatic rings. The van der Waals surface area contributed by atoms with Crippen LogP contribution in [0.25, 0.3) is 5.69 Å². The number of carbonyl (C=O) groups is 2. The summed E-state index contributed by atoms with van der Waals surface area (Å²) in [6.07, 6.45) is 0. The summed E-state index contributed by atoms with van der Waals surface area (Å²) in [5.41, 5.74) is 2.87. The van der Waals surface area contributed by atoms with Gasteiger partial charge in [0, 0.05) is 0 Å². The summed E-state index contributed by atoms with van der Waals surface area (Å²) in [6.45, 7) is 3.66. The van der Waals surface area contributed by atoms with E-state index >= 15 is 0 Å². The number of amides is 1. The highest BCUT2D eigenvalue weighted by molar-refractivity contribution is 6.32. The molecular weight excluding hydrogens is 368 g/mol. The van der Waals surface area contributed by atoms with E-state index in [1.165, 1.54) is 11.8 Å². The minimum Gasteiger partial charge on any atom is -0.465 e. The molecule has 8 heteroatoms. The van der Waals surface area contributed by atoms with Crippen LogP contribution in [0.4, 0.5) is 5.69 Å². The lowest BCUT2D eigenvalue weighted by Gasteiger charge is -2.09. The van der Waals surface area contributed by atoms with Crippen molar-refractivity contribution in [2.24, 2.45) is 0 Å². The second kappa shape index (κ2) is 7.59. The number of nitrogens with one attached hydrogen (secondary N) is 1. The van der Waals surface area contributed by atoms with Crippen LogP contribution in [0.1, 0.15) is 32.1 Å². The quantitative estimate of drug-likeness (QED) is 0.695. The molecule has 0 fully saturated rings. The Bertz CT molecular complexity index is 1030. The normalized spacial score (nSPS) is 10.5. The Kier molecular flexibility index (Phi) is 5.23. The van der Waals surface area contributed by atoms with Gasteiger partial charge in [0.05, 0.1) is 34.8 Å². The topological polar surface area (TPSA) is 86.1 Å². The number of anilines is 1. The number of halogens is 1. The van der Waals surface area contributed by atoms with Crippen molar-refractivity contribution in [1.82, 2.24) is 15.0 Å². The van der Waals surface area contributed by atoms with Crippen molar-refractivity contribution >= 4 is 29.2 Å². The maximum Gasteiger partial charge on any atom is 0.339 e. The van der Waals surface area contributed by atoms with Gasteiger partial charge in [-0.15, -0.1) is 5.10 Å². The van der Waals surface area contributed by atoms with Crippen molar-refractivity contribution in [3.63, 3.8) is 0 Å². The number of benzene rings is 2. The van der Waals surface area contributed by atoms with Crippen molar-refractivity contribution in [1.29, 1.82) is 0 Å². The molecule has 7 nitrogen and oxygen atoms in total. The molecule has 0 unspecified atom stereocenters. The number of hydrogen-bond donors (Lipinski definition) is 1. The molecule has 0 aliphatic heterocycles. The smallest absolute Gasteiger partial charge is 0.339 e. The van der Waals surface area contributed by atoms with Gasteiger partial charge in [-0.2, -0.15) is 0 Å². The molecule has 0 spiro atoms. The monoisotopic (exact) mass is 384 g/mol. The number of esters is 1. The first-order valence-corrected chi connectivity index (χ1v) is 8.47. The zero-order valence-corrected chi connectivity index (χ0v) is 15.7. The van der Waals surface area contributed by atoms with Crippen molar-refractivity contribution in [2.45, 2.75) is 13.8 Å². The minimum atomic E-state index is -0.544. The number of aryl methyl sites for hydroxylation is 1. The summed E-state index contributed by atoms with van der Waals surface area (Å²) in [6, 6.07) is 12.1. The molecule has 0 radical (unpaired) electrons. The standard InChI is InChI=1S/C19H17ClN4O3/c1-11-8-9-14(20)16(10-11)24-12(2)17(22-23-24)18(25)21-15-7-5-4-6-13(15)19(26)27-3/h4-10H,1-3H3,(H,21,25). The van der Waals surface area contributed by atoms with Gasteiger partial charge in [0.25, 0.3) is 5.91 Å². The van der Waals surface area contributed by atoms with Crippen molar-refractivity contribution in [2.75, 3.05) is 12.4 Å². The molecule has 0 bridgehead atoms. The molecule has 0 aliphatic carbocycles. The van der Waals surface area contributed by atoms with E-state index in [0.717, 1.165) is 5.56 Å². The SMILES string of the molecule is COC(=O)c1ccccc1NC(=O)c1nnn(-c2cc(C)ccc2Cl)c1C. The summed E-state index contributed by atoms with van der Waals surface area (Å²) in [7, 11) is 1.28. The molecule has 0 saturated carbocycles. The van der Waals surface area contributed by atoms with Gasteiger partial charge in [0.2, 0.25) is 0 Å². The molecule has 1 aromatic heterocycles. The average Bonchev–Trinajstić information content (AvgIpc) is 3.05. The van der Waals surface area contributed by atoms with E-state index in [9.17, 15) is 9.59 Å². The molecule has 27 heavy (non-hydrogen) atoms. The van der Waals surface area contributed by atoms with Crippen LogP contribution in [-0.2, 0) is 4.74 Å². The van der Waals surface area contributed by atoms with Gasteiger partial charge in [-0.1, -0.05) is 35.0 Å². The van der Waals surface area contributed by atoms with Gasteiger partial charge in [0.15, 0.2) is 5.69 Å². The van der Waals surface area contributed by atoms with E-state index in [2.05, 4.69) is 15.6 Å². The largest absolute Gasteiger partial charge is 0.465 e. The van der Waals surface area contributed by atoms with Crippen LogP contribution in [-0.4, -0.2) is 34.0 Å². The first kappa shape index (κ1) is 18.6. The molecule has 1 amide bonds. The van der Waals surface area contributed by atoms with Crippen LogP contribution >= 0.6 is 11.6 Å². The van der Waals surface area contributed by atoms with Crippen LogP contribution in [0.5, 0.6) is 0 Å². The third kappa shape index (κ3) is 3.68. The summed E-state index contributed by atoms with van der Waals surface area (Å²) in [5, 5.41) is 11.2. The minimum absolute atomic E-state index is 0.132. The maximum absolute atomic E-state index is 12.7. The Morgan fingerprint density at radius 3 is 2.63 bits per heavy atom. The van der Waals surface area contributed by atoms with Gasteiger partial charge in [-0.25, -0.2) is 9.48 Å². The summed E-state index contributed by atoms with van der Waals surface area (Å²) in [4.78, 5) is 24.5. The number of carbonyl (C=O) groups excluding carboxylic acids is 2. The maximum atomic E-state index is 12.7. The molecule has 0 saturated heterocycles. The highest BCUT2D eigenvalue weighted by atomic mass is 35.5. The average molecular weight is 385 g/mol. The van der Waals surface area contributed by atoms with Gasteiger partial charge in [-0.05, 0) is 43.7 Å². The van der Waals surface area contributed by atoms with Crippen LogP contribution in [0.3, 0.4) is 0 Å². The van der Waals surface area contributed by atoms with Crippen molar-refractivity contribution in [3.05, 3.63) is 70.0 Å².